The van der Waals surface area contributed by atoms with Crippen molar-refractivity contribution in [3.05, 3.63) is 108 Å². The first-order chi connectivity index (χ1) is 16.6. The zero-order valence-electron chi connectivity index (χ0n) is 19.2. The van der Waals surface area contributed by atoms with Crippen molar-refractivity contribution in [2.75, 3.05) is 6.61 Å². The molecule has 3 aromatic rings. The predicted molar refractivity (Wildman–Crippen MR) is 127 cm³/mol. The van der Waals surface area contributed by atoms with Crippen molar-refractivity contribution < 1.29 is 28.8 Å². The molecule has 0 radical (unpaired) electrons. The second-order valence-corrected chi connectivity index (χ2v) is 8.37. The maximum Gasteiger partial charge on any atom is 0.338 e. The summed E-state index contributed by atoms with van der Waals surface area (Å²) in [5.41, 5.74) is 2.42. The standard InChI is InChI=1S/C28H30O6/c1-20-26(34-28(30)23-15-9-4-10-16-23)27(32-18-22-13-7-3-8-14-22)25(29)24(33-20)19-31-17-21-11-5-2-6-12-21/h2-16,20,24-27,29H,17-19H2,1H3/t20-,24?,25-,26?,27-/m0/s1. The van der Waals surface area contributed by atoms with Gasteiger partial charge in [0.2, 0.25) is 0 Å². The molecular formula is C28H30O6. The summed E-state index contributed by atoms with van der Waals surface area (Å²) in [6, 6.07) is 28.2. The smallest absolute Gasteiger partial charge is 0.338 e. The third-order valence-corrected chi connectivity index (χ3v) is 5.82. The van der Waals surface area contributed by atoms with Crippen molar-refractivity contribution >= 4 is 5.97 Å². The second-order valence-electron chi connectivity index (χ2n) is 8.37. The van der Waals surface area contributed by atoms with E-state index in [0.717, 1.165) is 11.1 Å². The maximum atomic E-state index is 12.8. The van der Waals surface area contributed by atoms with Gasteiger partial charge in [0.1, 0.15) is 18.3 Å². The Kier molecular flexibility index (Phi) is 8.44. The monoisotopic (exact) mass is 462 g/mol. The molecule has 1 N–H and O–H groups in total. The largest absolute Gasteiger partial charge is 0.453 e. The van der Waals surface area contributed by atoms with E-state index in [4.69, 9.17) is 18.9 Å². The van der Waals surface area contributed by atoms with Gasteiger partial charge in [-0.2, -0.15) is 0 Å². The lowest BCUT2D eigenvalue weighted by Crippen LogP contribution is -2.60. The van der Waals surface area contributed by atoms with E-state index in [1.54, 1.807) is 24.3 Å². The molecular weight excluding hydrogens is 432 g/mol. The molecule has 6 nitrogen and oxygen atoms in total. The van der Waals surface area contributed by atoms with Gasteiger partial charge in [0.25, 0.3) is 0 Å². The van der Waals surface area contributed by atoms with Crippen molar-refractivity contribution in [1.29, 1.82) is 0 Å². The molecule has 1 aliphatic rings. The van der Waals surface area contributed by atoms with Crippen molar-refractivity contribution in [1.82, 2.24) is 0 Å². The van der Waals surface area contributed by atoms with Crippen molar-refractivity contribution in [3.63, 3.8) is 0 Å². The molecule has 4 rings (SSSR count). The van der Waals surface area contributed by atoms with E-state index in [1.165, 1.54) is 0 Å². The number of hydrogen-bond acceptors (Lipinski definition) is 6. The van der Waals surface area contributed by atoms with Gasteiger partial charge in [-0.1, -0.05) is 78.9 Å². The maximum absolute atomic E-state index is 12.8. The fourth-order valence-electron chi connectivity index (χ4n) is 4.00. The van der Waals surface area contributed by atoms with Gasteiger partial charge in [-0.05, 0) is 30.2 Å². The van der Waals surface area contributed by atoms with Gasteiger partial charge >= 0.3 is 5.97 Å². The summed E-state index contributed by atoms with van der Waals surface area (Å²) in [6.45, 7) is 2.68. The Morgan fingerprint density at radius 3 is 2.00 bits per heavy atom. The first-order valence-electron chi connectivity index (χ1n) is 11.5. The van der Waals surface area contributed by atoms with E-state index in [2.05, 4.69) is 0 Å². The molecule has 0 saturated carbocycles. The quantitative estimate of drug-likeness (QED) is 0.482. The van der Waals surface area contributed by atoms with Crippen LogP contribution < -0.4 is 0 Å². The van der Waals surface area contributed by atoms with E-state index >= 15 is 0 Å². The normalized spacial score (nSPS) is 24.5. The number of esters is 1. The highest BCUT2D eigenvalue weighted by Crippen LogP contribution is 2.28. The van der Waals surface area contributed by atoms with Crippen molar-refractivity contribution in [2.24, 2.45) is 0 Å². The molecule has 34 heavy (non-hydrogen) atoms. The van der Waals surface area contributed by atoms with Gasteiger partial charge in [-0.15, -0.1) is 0 Å². The average Bonchev–Trinajstić information content (AvgIpc) is 2.88. The van der Waals surface area contributed by atoms with Gasteiger partial charge < -0.3 is 24.1 Å². The Morgan fingerprint density at radius 1 is 0.824 bits per heavy atom. The minimum Gasteiger partial charge on any atom is -0.453 e. The van der Waals surface area contributed by atoms with E-state index in [0.29, 0.717) is 12.2 Å². The lowest BCUT2D eigenvalue weighted by atomic mass is 9.95. The molecule has 1 aliphatic heterocycles. The molecule has 1 fully saturated rings. The van der Waals surface area contributed by atoms with Gasteiger partial charge in [-0.25, -0.2) is 4.79 Å². The van der Waals surface area contributed by atoms with E-state index in [1.807, 2.05) is 73.7 Å². The Labute approximate surface area is 200 Å². The van der Waals surface area contributed by atoms with E-state index in [9.17, 15) is 9.90 Å². The van der Waals surface area contributed by atoms with Crippen LogP contribution in [0.4, 0.5) is 0 Å². The molecule has 6 heteroatoms. The molecule has 2 unspecified atom stereocenters. The number of hydrogen-bond donors (Lipinski definition) is 1. The lowest BCUT2D eigenvalue weighted by Gasteiger charge is -2.43. The topological polar surface area (TPSA) is 74.2 Å². The number of carbonyl (C=O) groups excluding carboxylic acids is 1. The van der Waals surface area contributed by atoms with Crippen molar-refractivity contribution in [3.8, 4) is 0 Å². The summed E-state index contributed by atoms with van der Waals surface area (Å²) in [5, 5.41) is 11.2. The summed E-state index contributed by atoms with van der Waals surface area (Å²) < 4.78 is 23.8. The van der Waals surface area contributed by atoms with Crippen LogP contribution in [0.15, 0.2) is 91.0 Å². The van der Waals surface area contributed by atoms with Crippen LogP contribution in [0.3, 0.4) is 0 Å². The number of ether oxygens (including phenoxy) is 4. The summed E-state index contributed by atoms with van der Waals surface area (Å²) >= 11 is 0. The fraction of sp³-hybridized carbons (Fsp3) is 0.321. The SMILES string of the molecule is C[C@@H]1OC(COCc2ccccc2)[C@H](O)[C@H](OCc2ccccc2)C1OC(=O)c1ccccc1. The molecule has 0 aliphatic carbocycles. The molecule has 5 atom stereocenters. The van der Waals surface area contributed by atoms with Crippen LogP contribution >= 0.6 is 0 Å². The summed E-state index contributed by atoms with van der Waals surface area (Å²) in [4.78, 5) is 12.8. The number of benzene rings is 3. The zero-order valence-corrected chi connectivity index (χ0v) is 19.2. The third-order valence-electron chi connectivity index (χ3n) is 5.82. The molecule has 0 bridgehead atoms. The number of aliphatic hydroxyl groups is 1. The van der Waals surface area contributed by atoms with Crippen LogP contribution in [-0.4, -0.2) is 48.2 Å². The molecule has 0 aromatic heterocycles. The Hall–Kier alpha value is -3.03. The lowest BCUT2D eigenvalue weighted by molar-refractivity contribution is -0.243. The Morgan fingerprint density at radius 2 is 1.38 bits per heavy atom. The number of aliphatic hydroxyl groups excluding tert-OH is 1. The predicted octanol–water partition coefficient (Wildman–Crippen LogP) is 4.16. The Bertz CT molecular complexity index is 1010. The van der Waals surface area contributed by atoms with E-state index < -0.39 is 36.5 Å². The summed E-state index contributed by atoms with van der Waals surface area (Å²) in [7, 11) is 0. The Balaban J connectivity index is 1.45. The van der Waals surface area contributed by atoms with Crippen LogP contribution in [-0.2, 0) is 32.2 Å². The molecule has 0 amide bonds. The summed E-state index contributed by atoms with van der Waals surface area (Å²) in [5.74, 6) is -0.486. The highest BCUT2D eigenvalue weighted by atomic mass is 16.6. The number of carbonyl (C=O) groups is 1. The summed E-state index contributed by atoms with van der Waals surface area (Å²) in [6.07, 6.45) is -3.71. The van der Waals surface area contributed by atoms with Crippen LogP contribution in [0, 0.1) is 0 Å². The van der Waals surface area contributed by atoms with Crippen LogP contribution in [0.5, 0.6) is 0 Å². The first kappa shape index (κ1) is 24.1. The molecule has 3 aromatic carbocycles. The molecule has 1 saturated heterocycles. The highest BCUT2D eigenvalue weighted by molar-refractivity contribution is 5.89. The number of rotatable bonds is 9. The van der Waals surface area contributed by atoms with Gasteiger partial charge in [0, 0.05) is 0 Å². The van der Waals surface area contributed by atoms with Crippen molar-refractivity contribution in [2.45, 2.75) is 50.7 Å². The molecule has 1 heterocycles. The van der Waals surface area contributed by atoms with Crippen LogP contribution in [0.2, 0.25) is 0 Å². The van der Waals surface area contributed by atoms with Gasteiger partial charge in [0.15, 0.2) is 6.10 Å². The third kappa shape index (κ3) is 6.30. The van der Waals surface area contributed by atoms with Crippen LogP contribution in [0.1, 0.15) is 28.4 Å². The fourth-order valence-corrected chi connectivity index (χ4v) is 4.00. The molecule has 178 valence electrons. The second kappa shape index (κ2) is 11.9. The van der Waals surface area contributed by atoms with Gasteiger partial charge in [0.05, 0.1) is 31.5 Å². The first-order valence-corrected chi connectivity index (χ1v) is 11.5. The zero-order chi connectivity index (χ0) is 23.8. The minimum absolute atomic E-state index is 0.185. The average molecular weight is 463 g/mol. The van der Waals surface area contributed by atoms with E-state index in [-0.39, 0.29) is 13.2 Å². The van der Waals surface area contributed by atoms with Crippen LogP contribution in [0.25, 0.3) is 0 Å². The minimum atomic E-state index is -1.04. The van der Waals surface area contributed by atoms with Gasteiger partial charge in [-0.3, -0.25) is 0 Å². The highest BCUT2D eigenvalue weighted by Gasteiger charge is 2.46. The molecule has 0 spiro atoms.